The van der Waals surface area contributed by atoms with Gasteiger partial charge in [0.15, 0.2) is 17.3 Å². The van der Waals surface area contributed by atoms with Crippen molar-refractivity contribution in [3.63, 3.8) is 0 Å². The summed E-state index contributed by atoms with van der Waals surface area (Å²) in [6.45, 7) is 1.59. The molecule has 2 saturated carbocycles. The number of nitrogens with two attached hydrogens (primary N) is 1. The molecule has 3 aliphatic rings. The summed E-state index contributed by atoms with van der Waals surface area (Å²) in [7, 11) is 0. The van der Waals surface area contributed by atoms with E-state index in [1.54, 1.807) is 12.3 Å². The SMILES string of the molecule is N#Cc1cc(F)c(Nc2nc3cnc(NC4CC5(COC5)C4)nc3n2[C@H]2CC[C@H](C(N)=O)CC2)c(F)c1. The molecule has 1 saturated heterocycles. The molecule has 2 aromatic heterocycles. The standard InChI is InChI=1S/C25H26F2N8O2/c26-17-5-13(9-28)6-18(27)20(17)33-24-32-19-10-30-23(31-15-7-25(8-15)11-37-12-25)34-22(19)35(24)16-3-1-14(2-4-16)21(29)36/h5-6,10,14-16H,1-4,7-8,11-12H2,(H2,29,36)(H,32,33)(H,30,31,34)/t14-,16-. The van der Waals surface area contributed by atoms with Gasteiger partial charge in [0.1, 0.15) is 11.2 Å². The summed E-state index contributed by atoms with van der Waals surface area (Å²) in [4.78, 5) is 25.4. The van der Waals surface area contributed by atoms with Gasteiger partial charge in [0, 0.05) is 23.4 Å². The molecule has 0 bridgehead atoms. The molecule has 1 spiro atoms. The van der Waals surface area contributed by atoms with Crippen LogP contribution >= 0.6 is 0 Å². The molecule has 4 N–H and O–H groups in total. The Kier molecular flexibility index (Phi) is 5.67. The molecule has 12 heteroatoms. The number of anilines is 3. The molecular weight excluding hydrogens is 482 g/mol. The Balaban J connectivity index is 1.34. The quantitative estimate of drug-likeness (QED) is 0.459. The predicted molar refractivity (Wildman–Crippen MR) is 130 cm³/mol. The van der Waals surface area contributed by atoms with Crippen molar-refractivity contribution < 1.29 is 18.3 Å². The zero-order chi connectivity index (χ0) is 25.7. The van der Waals surface area contributed by atoms with Crippen LogP contribution < -0.4 is 16.4 Å². The summed E-state index contributed by atoms with van der Waals surface area (Å²) in [5, 5.41) is 15.2. The topological polar surface area (TPSA) is 144 Å². The van der Waals surface area contributed by atoms with Gasteiger partial charge in [-0.25, -0.2) is 18.7 Å². The van der Waals surface area contributed by atoms with E-state index in [1.807, 2.05) is 4.57 Å². The molecule has 3 fully saturated rings. The highest BCUT2D eigenvalue weighted by Gasteiger charge is 2.50. The van der Waals surface area contributed by atoms with Crippen LogP contribution in [-0.2, 0) is 9.53 Å². The maximum atomic E-state index is 14.7. The molecule has 0 atom stereocenters. The number of hydrogen-bond acceptors (Lipinski definition) is 8. The normalized spacial score (nSPS) is 22.7. The third kappa shape index (κ3) is 4.23. The average molecular weight is 509 g/mol. The Morgan fingerprint density at radius 2 is 1.86 bits per heavy atom. The number of hydrogen-bond donors (Lipinski definition) is 3. The average Bonchev–Trinajstić information content (AvgIpc) is 3.19. The van der Waals surface area contributed by atoms with Crippen molar-refractivity contribution in [1.29, 1.82) is 5.26 Å². The lowest BCUT2D eigenvalue weighted by Crippen LogP contribution is -2.56. The van der Waals surface area contributed by atoms with Gasteiger partial charge in [0.25, 0.3) is 0 Å². The van der Waals surface area contributed by atoms with Crippen LogP contribution in [0.25, 0.3) is 11.2 Å². The highest BCUT2D eigenvalue weighted by molar-refractivity contribution is 5.78. The van der Waals surface area contributed by atoms with E-state index in [9.17, 15) is 13.6 Å². The number of primary amides is 1. The first-order valence-electron chi connectivity index (χ1n) is 12.4. The first-order chi connectivity index (χ1) is 17.8. The molecule has 0 unspecified atom stereocenters. The van der Waals surface area contributed by atoms with Crippen LogP contribution in [0.4, 0.5) is 26.4 Å². The maximum Gasteiger partial charge on any atom is 0.224 e. The van der Waals surface area contributed by atoms with Crippen molar-refractivity contribution in [3.05, 3.63) is 35.5 Å². The molecule has 2 aliphatic carbocycles. The fraction of sp³-hybridized carbons (Fsp3) is 0.480. The van der Waals surface area contributed by atoms with Gasteiger partial charge in [-0.05, 0) is 50.7 Å². The van der Waals surface area contributed by atoms with E-state index in [0.717, 1.165) is 38.2 Å². The van der Waals surface area contributed by atoms with E-state index >= 15 is 0 Å². The minimum atomic E-state index is -0.903. The summed E-state index contributed by atoms with van der Waals surface area (Å²) in [5.74, 6) is -1.66. The van der Waals surface area contributed by atoms with Crippen LogP contribution in [0, 0.1) is 34.3 Å². The number of benzene rings is 1. The minimum Gasteiger partial charge on any atom is -0.380 e. The van der Waals surface area contributed by atoms with Gasteiger partial charge < -0.3 is 21.1 Å². The molecule has 37 heavy (non-hydrogen) atoms. The molecule has 1 aromatic carbocycles. The van der Waals surface area contributed by atoms with Crippen molar-refractivity contribution >= 4 is 34.7 Å². The van der Waals surface area contributed by atoms with Crippen molar-refractivity contribution in [2.24, 2.45) is 17.1 Å². The van der Waals surface area contributed by atoms with E-state index in [0.29, 0.717) is 42.8 Å². The molecule has 10 nitrogen and oxygen atoms in total. The second-order valence-corrected chi connectivity index (χ2v) is 10.4. The highest BCUT2D eigenvalue weighted by atomic mass is 19.1. The Bertz CT molecular complexity index is 1390. The number of ether oxygens (including phenoxy) is 1. The number of nitrogens with one attached hydrogen (secondary N) is 2. The molecular formula is C25H26F2N8O2. The Morgan fingerprint density at radius 3 is 2.46 bits per heavy atom. The number of nitrogens with zero attached hydrogens (tertiary/aromatic N) is 5. The molecule has 0 radical (unpaired) electrons. The summed E-state index contributed by atoms with van der Waals surface area (Å²) >= 11 is 0. The van der Waals surface area contributed by atoms with Gasteiger partial charge in [-0.3, -0.25) is 9.36 Å². The number of fused-ring (bicyclic) bond motifs is 1. The lowest BCUT2D eigenvalue weighted by Gasteiger charge is -2.53. The third-order valence-corrected chi connectivity index (χ3v) is 7.81. The van der Waals surface area contributed by atoms with Gasteiger partial charge in [-0.1, -0.05) is 0 Å². The summed E-state index contributed by atoms with van der Waals surface area (Å²) in [6, 6.07) is 3.82. The number of halogens is 2. The number of aromatic nitrogens is 4. The number of rotatable bonds is 6. The monoisotopic (exact) mass is 508 g/mol. The summed E-state index contributed by atoms with van der Waals surface area (Å²) in [5.41, 5.74) is 6.27. The summed E-state index contributed by atoms with van der Waals surface area (Å²) < 4.78 is 36.6. The maximum absolute atomic E-state index is 14.7. The largest absolute Gasteiger partial charge is 0.380 e. The Hall–Kier alpha value is -3.85. The van der Waals surface area contributed by atoms with Crippen LogP contribution in [0.1, 0.15) is 50.1 Å². The lowest BCUT2D eigenvalue weighted by atomic mass is 9.64. The van der Waals surface area contributed by atoms with Crippen LogP contribution in [0.15, 0.2) is 18.3 Å². The van der Waals surface area contributed by atoms with Crippen molar-refractivity contribution in [3.8, 4) is 6.07 Å². The van der Waals surface area contributed by atoms with Gasteiger partial charge in [0.2, 0.25) is 17.8 Å². The van der Waals surface area contributed by atoms with Crippen molar-refractivity contribution in [2.45, 2.75) is 50.6 Å². The van der Waals surface area contributed by atoms with Crippen molar-refractivity contribution in [1.82, 2.24) is 19.5 Å². The molecule has 192 valence electrons. The van der Waals surface area contributed by atoms with Crippen molar-refractivity contribution in [2.75, 3.05) is 23.8 Å². The number of nitriles is 1. The summed E-state index contributed by atoms with van der Waals surface area (Å²) in [6.07, 6.45) is 6.04. The van der Waals surface area contributed by atoms with E-state index in [1.165, 1.54) is 0 Å². The second kappa shape index (κ2) is 8.92. The van der Waals surface area contributed by atoms with Gasteiger partial charge in [0.05, 0.1) is 31.0 Å². The fourth-order valence-electron chi connectivity index (χ4n) is 5.78. The first kappa shape index (κ1) is 23.5. The van der Waals surface area contributed by atoms with Gasteiger partial charge >= 0.3 is 0 Å². The number of amides is 1. The number of carbonyl (C=O) groups excluding carboxylic acids is 1. The van der Waals surface area contributed by atoms with Crippen LogP contribution in [0.5, 0.6) is 0 Å². The highest BCUT2D eigenvalue weighted by Crippen LogP contribution is 2.47. The molecule has 3 heterocycles. The van der Waals surface area contributed by atoms with E-state index in [4.69, 9.17) is 20.7 Å². The number of carbonyl (C=O) groups is 1. The predicted octanol–water partition coefficient (Wildman–Crippen LogP) is 3.53. The second-order valence-electron chi connectivity index (χ2n) is 10.4. The van der Waals surface area contributed by atoms with E-state index in [2.05, 4.69) is 20.6 Å². The molecule has 1 amide bonds. The number of imidazole rings is 1. The molecule has 3 aromatic rings. The molecule has 6 rings (SSSR count). The lowest BCUT2D eigenvalue weighted by molar-refractivity contribution is -0.160. The van der Waals surface area contributed by atoms with E-state index in [-0.39, 0.29) is 40.8 Å². The smallest absolute Gasteiger partial charge is 0.224 e. The zero-order valence-electron chi connectivity index (χ0n) is 20.0. The van der Waals surface area contributed by atoms with E-state index < -0.39 is 17.3 Å². The zero-order valence-corrected chi connectivity index (χ0v) is 20.0. The van der Waals surface area contributed by atoms with Crippen LogP contribution in [0.3, 0.4) is 0 Å². The van der Waals surface area contributed by atoms with Gasteiger partial charge in [-0.2, -0.15) is 10.2 Å². The van der Waals surface area contributed by atoms with Crippen LogP contribution in [-0.4, -0.2) is 44.7 Å². The minimum absolute atomic E-state index is 0.116. The van der Waals surface area contributed by atoms with Gasteiger partial charge in [-0.15, -0.1) is 0 Å². The first-order valence-corrected chi connectivity index (χ1v) is 12.4. The Labute approximate surface area is 211 Å². The van der Waals surface area contributed by atoms with Crippen LogP contribution in [0.2, 0.25) is 0 Å². The molecule has 1 aliphatic heterocycles. The Morgan fingerprint density at radius 1 is 1.16 bits per heavy atom. The third-order valence-electron chi connectivity index (χ3n) is 7.81. The fourth-order valence-corrected chi connectivity index (χ4v) is 5.78.